The van der Waals surface area contributed by atoms with Gasteiger partial charge < -0.3 is 4.74 Å². The molecule has 6 nitrogen and oxygen atoms in total. The maximum absolute atomic E-state index is 14.8. The summed E-state index contributed by atoms with van der Waals surface area (Å²) in [6.45, 7) is 3.64. The van der Waals surface area contributed by atoms with Gasteiger partial charge in [0.05, 0.1) is 11.3 Å². The van der Waals surface area contributed by atoms with Crippen molar-refractivity contribution in [3.05, 3.63) is 59.7 Å². The van der Waals surface area contributed by atoms with Crippen molar-refractivity contribution in [3.63, 3.8) is 0 Å². The first-order valence-corrected chi connectivity index (χ1v) is 10.4. The number of rotatable bonds is 4. The molecule has 3 aromatic rings. The average Bonchev–Trinajstić information content (AvgIpc) is 2.89. The van der Waals surface area contributed by atoms with Crippen LogP contribution in [0.4, 0.5) is 14.5 Å². The van der Waals surface area contributed by atoms with Crippen LogP contribution in [-0.2, 0) is 4.79 Å². The van der Waals surface area contributed by atoms with Crippen molar-refractivity contribution in [3.8, 4) is 17.1 Å². The topological polar surface area (TPSA) is 68.2 Å². The van der Waals surface area contributed by atoms with E-state index < -0.39 is 17.9 Å². The molecule has 0 aliphatic carbocycles. The monoisotopic (exact) mass is 428 g/mol. The van der Waals surface area contributed by atoms with Gasteiger partial charge in [-0.15, -0.1) is 10.2 Å². The van der Waals surface area contributed by atoms with Gasteiger partial charge in [0.1, 0.15) is 0 Å². The zero-order valence-corrected chi connectivity index (χ0v) is 17.1. The predicted octanol–water partition coefficient (Wildman–Crippen LogP) is 4.76. The third-order valence-electron chi connectivity index (χ3n) is 4.60. The van der Waals surface area contributed by atoms with Crippen LogP contribution in [0.5, 0.6) is 5.88 Å². The molecule has 1 atom stereocenters. The lowest BCUT2D eigenvalue weighted by Gasteiger charge is -2.30. The summed E-state index contributed by atoms with van der Waals surface area (Å²) in [4.78, 5) is 18.7. The number of fused-ring (bicyclic) bond motifs is 3. The summed E-state index contributed by atoms with van der Waals surface area (Å²) in [7, 11) is 0. The Kier molecular flexibility index (Phi) is 5.63. The van der Waals surface area contributed by atoms with Crippen LogP contribution in [-0.4, -0.2) is 26.8 Å². The van der Waals surface area contributed by atoms with Crippen LogP contribution < -0.4 is 9.64 Å². The normalized spacial score (nSPS) is 15.1. The second-order valence-corrected chi connectivity index (χ2v) is 7.66. The lowest BCUT2D eigenvalue weighted by Crippen LogP contribution is -2.37. The van der Waals surface area contributed by atoms with Gasteiger partial charge in [0.15, 0.2) is 17.3 Å². The lowest BCUT2D eigenvalue weighted by atomic mass is 10.1. The third-order valence-corrected chi connectivity index (χ3v) is 5.32. The number of nitrogens with zero attached hydrogens (tertiary/aromatic N) is 4. The Hall–Kier alpha value is -3.07. The second kappa shape index (κ2) is 8.35. The summed E-state index contributed by atoms with van der Waals surface area (Å²) in [5, 5.41) is 8.78. The standard InChI is InChI=1S/C21H18F2N4O2S/c1-3-16(28)27-15-11-6-5-8-12(15)18-19(24-21(26-25-18)30-4-2)29-20(27)13-9-7-10-14(22)17(13)23/h5-11,20H,3-4H2,1-2H3/t20-/m1/s1. The highest BCUT2D eigenvalue weighted by atomic mass is 32.2. The van der Waals surface area contributed by atoms with Crippen molar-refractivity contribution in [1.82, 2.24) is 15.2 Å². The van der Waals surface area contributed by atoms with Crippen LogP contribution in [0.3, 0.4) is 0 Å². The molecule has 2 aromatic carbocycles. The number of benzene rings is 2. The Bertz CT molecular complexity index is 1110. The fourth-order valence-electron chi connectivity index (χ4n) is 3.26. The molecule has 154 valence electrons. The highest BCUT2D eigenvalue weighted by molar-refractivity contribution is 7.99. The fourth-order valence-corrected chi connectivity index (χ4v) is 3.76. The van der Waals surface area contributed by atoms with Crippen LogP contribution in [0.15, 0.2) is 47.6 Å². The Morgan fingerprint density at radius 2 is 1.93 bits per heavy atom. The fraction of sp³-hybridized carbons (Fsp3) is 0.238. The van der Waals surface area contributed by atoms with Gasteiger partial charge in [-0.2, -0.15) is 4.98 Å². The number of para-hydroxylation sites is 1. The molecule has 1 aliphatic rings. The summed E-state index contributed by atoms with van der Waals surface area (Å²) in [5.41, 5.74) is 1.26. The Morgan fingerprint density at radius 3 is 2.70 bits per heavy atom. The van der Waals surface area contributed by atoms with Crippen molar-refractivity contribution in [2.24, 2.45) is 0 Å². The highest BCUT2D eigenvalue weighted by Crippen LogP contribution is 2.44. The summed E-state index contributed by atoms with van der Waals surface area (Å²) < 4.78 is 34.8. The molecular weight excluding hydrogens is 410 g/mol. The molecule has 0 spiro atoms. The summed E-state index contributed by atoms with van der Waals surface area (Å²) in [6.07, 6.45) is -1.12. The predicted molar refractivity (Wildman–Crippen MR) is 109 cm³/mol. The largest absolute Gasteiger partial charge is 0.447 e. The molecule has 30 heavy (non-hydrogen) atoms. The van der Waals surface area contributed by atoms with E-state index >= 15 is 0 Å². The van der Waals surface area contributed by atoms with E-state index in [-0.39, 0.29) is 23.8 Å². The molecule has 9 heteroatoms. The van der Waals surface area contributed by atoms with E-state index in [1.807, 2.05) is 6.92 Å². The van der Waals surface area contributed by atoms with E-state index in [0.29, 0.717) is 22.1 Å². The highest BCUT2D eigenvalue weighted by Gasteiger charge is 2.37. The number of hydrogen-bond acceptors (Lipinski definition) is 6. The van der Waals surface area contributed by atoms with Gasteiger partial charge in [-0.1, -0.05) is 55.9 Å². The molecule has 0 N–H and O–H groups in total. The van der Waals surface area contributed by atoms with Crippen LogP contribution in [0.2, 0.25) is 0 Å². The van der Waals surface area contributed by atoms with Crippen molar-refractivity contribution >= 4 is 23.4 Å². The van der Waals surface area contributed by atoms with Gasteiger partial charge in [0.2, 0.25) is 23.2 Å². The number of aromatic nitrogens is 3. The number of ether oxygens (including phenoxy) is 1. The average molecular weight is 428 g/mol. The van der Waals surface area contributed by atoms with Crippen molar-refractivity contribution in [1.29, 1.82) is 0 Å². The Labute approximate surface area is 176 Å². The summed E-state index contributed by atoms with van der Waals surface area (Å²) >= 11 is 1.37. The lowest BCUT2D eigenvalue weighted by molar-refractivity contribution is -0.120. The number of thioether (sulfide) groups is 1. The van der Waals surface area contributed by atoms with Crippen LogP contribution in [0.25, 0.3) is 11.3 Å². The van der Waals surface area contributed by atoms with E-state index in [2.05, 4.69) is 15.2 Å². The van der Waals surface area contributed by atoms with Gasteiger partial charge in [-0.05, 0) is 17.9 Å². The first kappa shape index (κ1) is 20.2. The van der Waals surface area contributed by atoms with E-state index in [1.54, 1.807) is 31.2 Å². The molecular formula is C21H18F2N4O2S. The van der Waals surface area contributed by atoms with Gasteiger partial charge in [0.25, 0.3) is 0 Å². The molecule has 0 saturated heterocycles. The van der Waals surface area contributed by atoms with Crippen molar-refractivity contribution < 1.29 is 18.3 Å². The molecule has 0 fully saturated rings. The van der Waals surface area contributed by atoms with E-state index in [4.69, 9.17) is 4.74 Å². The third kappa shape index (κ3) is 3.49. The number of amides is 1. The van der Waals surface area contributed by atoms with Gasteiger partial charge in [0, 0.05) is 12.0 Å². The molecule has 0 bridgehead atoms. The first-order valence-electron chi connectivity index (χ1n) is 9.44. The SMILES string of the molecule is CCSc1nnc2c(n1)O[C@H](c1cccc(F)c1F)N(C(=O)CC)c1ccccc1-2. The number of halogens is 2. The van der Waals surface area contributed by atoms with Gasteiger partial charge in [-0.25, -0.2) is 8.78 Å². The minimum atomic E-state index is -1.26. The van der Waals surface area contributed by atoms with Crippen LogP contribution >= 0.6 is 11.8 Å². The van der Waals surface area contributed by atoms with Crippen molar-refractivity contribution in [2.75, 3.05) is 10.7 Å². The summed E-state index contributed by atoms with van der Waals surface area (Å²) in [6, 6.07) is 10.8. The minimum absolute atomic E-state index is 0.105. The maximum atomic E-state index is 14.8. The minimum Gasteiger partial charge on any atom is -0.447 e. The Morgan fingerprint density at radius 1 is 1.13 bits per heavy atom. The molecule has 0 unspecified atom stereocenters. The molecule has 4 rings (SSSR count). The van der Waals surface area contributed by atoms with Gasteiger partial charge >= 0.3 is 0 Å². The van der Waals surface area contributed by atoms with E-state index in [1.165, 1.54) is 28.8 Å². The zero-order valence-electron chi connectivity index (χ0n) is 16.3. The molecule has 1 aromatic heterocycles. The summed E-state index contributed by atoms with van der Waals surface area (Å²) in [5.74, 6) is -1.60. The number of anilines is 1. The van der Waals surface area contributed by atoms with E-state index in [9.17, 15) is 13.6 Å². The molecule has 2 heterocycles. The molecule has 0 saturated carbocycles. The van der Waals surface area contributed by atoms with Gasteiger partial charge in [-0.3, -0.25) is 9.69 Å². The Balaban J connectivity index is 1.98. The zero-order chi connectivity index (χ0) is 21.3. The van der Waals surface area contributed by atoms with E-state index in [0.717, 1.165) is 11.8 Å². The number of carbonyl (C=O) groups is 1. The van der Waals surface area contributed by atoms with Crippen molar-refractivity contribution in [2.45, 2.75) is 31.7 Å². The molecule has 1 amide bonds. The quantitative estimate of drug-likeness (QED) is 0.558. The molecule has 0 radical (unpaired) electrons. The first-order chi connectivity index (χ1) is 14.5. The smallest absolute Gasteiger partial charge is 0.247 e. The second-order valence-electron chi connectivity index (χ2n) is 6.43. The van der Waals surface area contributed by atoms with Crippen LogP contribution in [0.1, 0.15) is 32.1 Å². The number of carbonyl (C=O) groups excluding carboxylic acids is 1. The van der Waals surface area contributed by atoms with Crippen LogP contribution in [0, 0.1) is 11.6 Å². The number of hydrogen-bond donors (Lipinski definition) is 0. The molecule has 1 aliphatic heterocycles. The maximum Gasteiger partial charge on any atom is 0.247 e.